The van der Waals surface area contributed by atoms with Gasteiger partial charge in [-0.15, -0.1) is 10.2 Å². The Hall–Kier alpha value is -2.61. The molecule has 0 radical (unpaired) electrons. The van der Waals surface area contributed by atoms with Gasteiger partial charge in [-0.05, 0) is 49.6 Å². The minimum absolute atomic E-state index is 0.163. The summed E-state index contributed by atoms with van der Waals surface area (Å²) in [6.45, 7) is 2.22. The molecule has 2 aromatic heterocycles. The highest BCUT2D eigenvalue weighted by molar-refractivity contribution is 7.99. The first-order valence-electron chi connectivity index (χ1n) is 8.74. The summed E-state index contributed by atoms with van der Waals surface area (Å²) in [7, 11) is 0. The second-order valence-corrected chi connectivity index (χ2v) is 7.52. The third-order valence-corrected chi connectivity index (χ3v) is 5.34. The topological polar surface area (TPSA) is 73.0 Å². The fourth-order valence-corrected chi connectivity index (χ4v) is 3.50. The van der Waals surface area contributed by atoms with Crippen molar-refractivity contribution in [1.29, 1.82) is 0 Å². The number of benzene rings is 1. The average Bonchev–Trinajstić information content (AvgIpc) is 3.21. The van der Waals surface area contributed by atoms with Crippen LogP contribution in [-0.2, 0) is 11.3 Å². The van der Waals surface area contributed by atoms with Gasteiger partial charge in [-0.2, -0.15) is 0 Å². The number of aryl methyl sites for hydroxylation is 1. The number of rotatable bonds is 7. The predicted octanol–water partition coefficient (Wildman–Crippen LogP) is 3.98. The van der Waals surface area contributed by atoms with Crippen molar-refractivity contribution in [2.45, 2.75) is 37.4 Å². The van der Waals surface area contributed by atoms with Crippen molar-refractivity contribution in [3.05, 3.63) is 59.6 Å². The van der Waals surface area contributed by atoms with Crippen molar-refractivity contribution in [2.24, 2.45) is 0 Å². The summed E-state index contributed by atoms with van der Waals surface area (Å²) in [5.41, 5.74) is 0.987. The largest absolute Gasteiger partial charge is 0.467 e. The first-order valence-corrected chi connectivity index (χ1v) is 9.73. The van der Waals surface area contributed by atoms with Crippen LogP contribution in [0, 0.1) is 12.7 Å². The summed E-state index contributed by atoms with van der Waals surface area (Å²) < 4.78 is 21.1. The molecule has 1 fully saturated rings. The molecule has 1 aliphatic carbocycles. The second kappa shape index (κ2) is 7.56. The molecule has 1 N–H and O–H groups in total. The predicted molar refractivity (Wildman–Crippen MR) is 100 cm³/mol. The van der Waals surface area contributed by atoms with Crippen LogP contribution in [0.3, 0.4) is 0 Å². The Bertz CT molecular complexity index is 951. The number of amides is 1. The maximum absolute atomic E-state index is 13.6. The van der Waals surface area contributed by atoms with E-state index in [9.17, 15) is 9.18 Å². The molecule has 3 aromatic rings. The first-order chi connectivity index (χ1) is 13.1. The fraction of sp³-hybridized carbons (Fsp3) is 0.316. The number of carbonyl (C=O) groups excluding carboxylic acids is 1. The monoisotopic (exact) mass is 386 g/mol. The zero-order chi connectivity index (χ0) is 18.8. The highest BCUT2D eigenvalue weighted by Crippen LogP contribution is 2.40. The third kappa shape index (κ3) is 4.21. The maximum Gasteiger partial charge on any atom is 0.234 e. The number of hydrogen-bond acceptors (Lipinski definition) is 5. The van der Waals surface area contributed by atoms with Crippen molar-refractivity contribution >= 4 is 23.4 Å². The van der Waals surface area contributed by atoms with Crippen LogP contribution >= 0.6 is 11.8 Å². The van der Waals surface area contributed by atoms with E-state index in [4.69, 9.17) is 4.42 Å². The fourth-order valence-electron chi connectivity index (χ4n) is 2.76. The van der Waals surface area contributed by atoms with Gasteiger partial charge >= 0.3 is 0 Å². The molecule has 6 nitrogen and oxygen atoms in total. The molecule has 0 saturated heterocycles. The van der Waals surface area contributed by atoms with Gasteiger partial charge in [0.15, 0.2) is 5.16 Å². The summed E-state index contributed by atoms with van der Waals surface area (Å²) >= 11 is 1.31. The number of thioether (sulfide) groups is 1. The number of halogens is 1. The van der Waals surface area contributed by atoms with Crippen LogP contribution in [0.1, 0.15) is 35.9 Å². The smallest absolute Gasteiger partial charge is 0.234 e. The Morgan fingerprint density at radius 1 is 1.37 bits per heavy atom. The molecule has 0 spiro atoms. The second-order valence-electron chi connectivity index (χ2n) is 6.58. The van der Waals surface area contributed by atoms with Crippen molar-refractivity contribution in [1.82, 2.24) is 14.8 Å². The normalized spacial score (nSPS) is 13.7. The van der Waals surface area contributed by atoms with Crippen molar-refractivity contribution in [2.75, 3.05) is 11.1 Å². The van der Waals surface area contributed by atoms with Crippen LogP contribution in [0.15, 0.2) is 46.2 Å². The zero-order valence-corrected chi connectivity index (χ0v) is 15.6. The quantitative estimate of drug-likeness (QED) is 0.622. The molecule has 8 heteroatoms. The Morgan fingerprint density at radius 2 is 2.22 bits per heavy atom. The van der Waals surface area contributed by atoms with Crippen LogP contribution < -0.4 is 5.32 Å². The Balaban J connectivity index is 1.43. The van der Waals surface area contributed by atoms with Crippen LogP contribution in [-0.4, -0.2) is 26.4 Å². The van der Waals surface area contributed by atoms with Crippen molar-refractivity contribution in [3.8, 4) is 0 Å². The minimum Gasteiger partial charge on any atom is -0.467 e. The Morgan fingerprint density at radius 3 is 2.93 bits per heavy atom. The number of furan rings is 1. The lowest BCUT2D eigenvalue weighted by Crippen LogP contribution is -2.15. The van der Waals surface area contributed by atoms with Gasteiger partial charge in [0.05, 0.1) is 18.6 Å². The number of nitrogens with zero attached hydrogens (tertiary/aromatic N) is 3. The number of hydrogen-bond donors (Lipinski definition) is 1. The summed E-state index contributed by atoms with van der Waals surface area (Å²) in [6.07, 6.45) is 3.86. The van der Waals surface area contributed by atoms with Gasteiger partial charge in [0.2, 0.25) is 5.91 Å². The molecule has 1 saturated carbocycles. The lowest BCUT2D eigenvalue weighted by atomic mass is 10.2. The molecular formula is C19H19FN4O2S. The molecule has 4 rings (SSSR count). The number of nitrogens with one attached hydrogen (secondary N) is 1. The molecule has 0 atom stereocenters. The molecule has 2 heterocycles. The third-order valence-electron chi connectivity index (χ3n) is 4.37. The van der Waals surface area contributed by atoms with Crippen LogP contribution in [0.4, 0.5) is 10.1 Å². The zero-order valence-electron chi connectivity index (χ0n) is 14.8. The van der Waals surface area contributed by atoms with Gasteiger partial charge in [0.1, 0.15) is 17.4 Å². The van der Waals surface area contributed by atoms with Gasteiger partial charge in [-0.1, -0.05) is 17.8 Å². The summed E-state index contributed by atoms with van der Waals surface area (Å²) in [6, 6.07) is 8.40. The molecule has 1 amide bonds. The maximum atomic E-state index is 13.6. The van der Waals surface area contributed by atoms with Gasteiger partial charge in [-0.3, -0.25) is 9.36 Å². The Kier molecular flexibility index (Phi) is 4.98. The van der Waals surface area contributed by atoms with E-state index in [2.05, 4.69) is 15.5 Å². The highest BCUT2D eigenvalue weighted by atomic mass is 32.2. The lowest BCUT2D eigenvalue weighted by molar-refractivity contribution is -0.113. The summed E-state index contributed by atoms with van der Waals surface area (Å²) in [5.74, 6) is 1.80. The van der Waals surface area contributed by atoms with Gasteiger partial charge < -0.3 is 9.73 Å². The van der Waals surface area contributed by atoms with E-state index in [0.29, 0.717) is 28.9 Å². The number of aromatic nitrogens is 3. The number of carbonyl (C=O) groups is 1. The van der Waals surface area contributed by atoms with E-state index in [1.54, 1.807) is 25.3 Å². The van der Waals surface area contributed by atoms with Crippen LogP contribution in [0.25, 0.3) is 0 Å². The van der Waals surface area contributed by atoms with E-state index in [0.717, 1.165) is 24.4 Å². The van der Waals surface area contributed by atoms with Crippen molar-refractivity contribution < 1.29 is 13.6 Å². The van der Waals surface area contributed by atoms with Gasteiger partial charge in [0, 0.05) is 11.6 Å². The molecule has 140 valence electrons. The van der Waals surface area contributed by atoms with E-state index >= 15 is 0 Å². The molecule has 0 unspecified atom stereocenters. The van der Waals surface area contributed by atoms with Gasteiger partial charge in [0.25, 0.3) is 0 Å². The molecule has 27 heavy (non-hydrogen) atoms. The lowest BCUT2D eigenvalue weighted by Gasteiger charge is -2.09. The van der Waals surface area contributed by atoms with E-state index in [-0.39, 0.29) is 17.5 Å². The molecule has 1 aliphatic rings. The summed E-state index contributed by atoms with van der Waals surface area (Å²) in [5, 5.41) is 12.0. The SMILES string of the molecule is Cc1ccc(NC(=O)CSc2nnc(C3CC3)n2Cc2ccco2)cc1F. The molecular weight excluding hydrogens is 367 g/mol. The van der Waals surface area contributed by atoms with Gasteiger partial charge in [-0.25, -0.2) is 4.39 Å². The van der Waals surface area contributed by atoms with Crippen LogP contribution in [0.2, 0.25) is 0 Å². The van der Waals surface area contributed by atoms with Crippen LogP contribution in [0.5, 0.6) is 0 Å². The van der Waals surface area contributed by atoms with Crippen molar-refractivity contribution in [3.63, 3.8) is 0 Å². The molecule has 0 bridgehead atoms. The minimum atomic E-state index is -0.340. The van der Waals surface area contributed by atoms with E-state index in [1.165, 1.54) is 17.8 Å². The highest BCUT2D eigenvalue weighted by Gasteiger charge is 2.30. The molecule has 1 aromatic carbocycles. The molecule has 0 aliphatic heterocycles. The van der Waals surface area contributed by atoms with E-state index in [1.807, 2.05) is 16.7 Å². The summed E-state index contributed by atoms with van der Waals surface area (Å²) in [4.78, 5) is 12.2. The Labute approximate surface area is 160 Å². The van der Waals surface area contributed by atoms with E-state index < -0.39 is 0 Å². The first kappa shape index (κ1) is 17.8. The number of anilines is 1. The standard InChI is InChI=1S/C19H19FN4O2S/c1-12-4-7-14(9-16(12)20)21-17(25)11-27-19-23-22-18(13-5-6-13)24(19)10-15-3-2-8-26-15/h2-4,7-9,13H,5-6,10-11H2,1H3,(H,21,25). The average molecular weight is 386 g/mol.